The second-order valence-corrected chi connectivity index (χ2v) is 6.86. The summed E-state index contributed by atoms with van der Waals surface area (Å²) in [7, 11) is 0. The van der Waals surface area contributed by atoms with Crippen molar-refractivity contribution < 1.29 is 9.59 Å². The van der Waals surface area contributed by atoms with Gasteiger partial charge in [0.15, 0.2) is 5.78 Å². The van der Waals surface area contributed by atoms with E-state index in [4.69, 9.17) is 11.6 Å². The molecule has 1 aliphatic rings. The van der Waals surface area contributed by atoms with Gasteiger partial charge in [-0.1, -0.05) is 17.7 Å². The van der Waals surface area contributed by atoms with Crippen molar-refractivity contribution in [3.05, 3.63) is 59.1 Å². The Morgan fingerprint density at radius 2 is 1.73 bits per heavy atom. The fourth-order valence-corrected chi connectivity index (χ4v) is 3.21. The molecule has 0 saturated carbocycles. The monoisotopic (exact) mass is 371 g/mol. The van der Waals surface area contributed by atoms with Gasteiger partial charge >= 0.3 is 0 Å². The highest BCUT2D eigenvalue weighted by Gasteiger charge is 2.19. The molecular formula is C20H22ClN3O2. The van der Waals surface area contributed by atoms with Crippen molar-refractivity contribution in [1.82, 2.24) is 4.90 Å². The van der Waals surface area contributed by atoms with E-state index >= 15 is 0 Å². The van der Waals surface area contributed by atoms with Crippen LogP contribution < -0.4 is 10.2 Å². The molecule has 1 aliphatic heterocycles. The summed E-state index contributed by atoms with van der Waals surface area (Å²) in [5.74, 6) is -0.0303. The topological polar surface area (TPSA) is 52.7 Å². The number of carbonyl (C=O) groups excluding carboxylic acids is 2. The lowest BCUT2D eigenvalue weighted by molar-refractivity contribution is -0.117. The van der Waals surface area contributed by atoms with Crippen molar-refractivity contribution in [3.63, 3.8) is 0 Å². The summed E-state index contributed by atoms with van der Waals surface area (Å²) in [5, 5.41) is 3.62. The van der Waals surface area contributed by atoms with Gasteiger partial charge in [0.1, 0.15) is 0 Å². The number of Topliss-reactive ketones (excluding diaryl/α,β-unsaturated/α-hetero) is 1. The number of benzene rings is 2. The minimum atomic E-state index is -0.0446. The SMILES string of the molecule is CC(=O)c1ccc(NC(=O)CN2CCN(c3cccc(Cl)c3)CC2)cc1. The fraction of sp³-hybridized carbons (Fsp3) is 0.300. The molecule has 0 aliphatic carbocycles. The van der Waals surface area contributed by atoms with Crippen molar-refractivity contribution in [1.29, 1.82) is 0 Å². The zero-order valence-corrected chi connectivity index (χ0v) is 15.5. The van der Waals surface area contributed by atoms with E-state index in [2.05, 4.69) is 21.2 Å². The van der Waals surface area contributed by atoms with Crippen LogP contribution in [0.2, 0.25) is 5.02 Å². The summed E-state index contributed by atoms with van der Waals surface area (Å²) in [6.07, 6.45) is 0. The molecule has 1 amide bonds. The van der Waals surface area contributed by atoms with Crippen LogP contribution in [0.1, 0.15) is 17.3 Å². The molecule has 1 fully saturated rings. The van der Waals surface area contributed by atoms with Gasteiger partial charge in [-0.3, -0.25) is 14.5 Å². The van der Waals surface area contributed by atoms with Gasteiger partial charge in [-0.05, 0) is 49.4 Å². The molecule has 0 spiro atoms. The first-order chi connectivity index (χ1) is 12.5. The van der Waals surface area contributed by atoms with E-state index in [0.717, 1.165) is 36.9 Å². The molecule has 26 heavy (non-hydrogen) atoms. The van der Waals surface area contributed by atoms with Gasteiger partial charge in [0.25, 0.3) is 0 Å². The maximum atomic E-state index is 12.2. The Bertz CT molecular complexity index is 784. The molecule has 136 valence electrons. The van der Waals surface area contributed by atoms with Crippen LogP contribution >= 0.6 is 11.6 Å². The summed E-state index contributed by atoms with van der Waals surface area (Å²) in [4.78, 5) is 27.9. The van der Waals surface area contributed by atoms with E-state index in [0.29, 0.717) is 17.8 Å². The van der Waals surface area contributed by atoms with Gasteiger partial charge in [0.2, 0.25) is 5.91 Å². The van der Waals surface area contributed by atoms with E-state index in [1.54, 1.807) is 24.3 Å². The predicted octanol–water partition coefficient (Wildman–Crippen LogP) is 3.30. The number of carbonyl (C=O) groups is 2. The molecule has 2 aromatic carbocycles. The van der Waals surface area contributed by atoms with Crippen molar-refractivity contribution in [2.75, 3.05) is 42.9 Å². The lowest BCUT2D eigenvalue weighted by Crippen LogP contribution is -2.48. The Labute approximate surface area is 158 Å². The third kappa shape index (κ3) is 4.84. The molecule has 0 unspecified atom stereocenters. The van der Waals surface area contributed by atoms with E-state index in [9.17, 15) is 9.59 Å². The Kier molecular flexibility index (Phi) is 5.91. The van der Waals surface area contributed by atoms with Gasteiger partial charge in [-0.2, -0.15) is 0 Å². The van der Waals surface area contributed by atoms with Crippen molar-refractivity contribution in [3.8, 4) is 0 Å². The van der Waals surface area contributed by atoms with Gasteiger partial charge in [0, 0.05) is 48.1 Å². The molecule has 0 radical (unpaired) electrons. The maximum Gasteiger partial charge on any atom is 0.238 e. The summed E-state index contributed by atoms with van der Waals surface area (Å²) < 4.78 is 0. The summed E-state index contributed by atoms with van der Waals surface area (Å²) in [6, 6.07) is 14.8. The highest BCUT2D eigenvalue weighted by molar-refractivity contribution is 6.30. The second-order valence-electron chi connectivity index (χ2n) is 6.42. The zero-order valence-electron chi connectivity index (χ0n) is 14.7. The van der Waals surface area contributed by atoms with Crippen molar-refractivity contribution >= 4 is 34.7 Å². The third-order valence-electron chi connectivity index (χ3n) is 4.49. The molecule has 3 rings (SSSR count). The number of nitrogens with zero attached hydrogens (tertiary/aromatic N) is 2. The van der Waals surface area contributed by atoms with Crippen LogP contribution in [-0.4, -0.2) is 49.3 Å². The lowest BCUT2D eigenvalue weighted by atomic mass is 10.1. The molecule has 1 saturated heterocycles. The number of hydrogen-bond acceptors (Lipinski definition) is 4. The molecule has 0 bridgehead atoms. The predicted molar refractivity (Wildman–Crippen MR) is 105 cm³/mol. The van der Waals surface area contributed by atoms with Gasteiger partial charge in [-0.15, -0.1) is 0 Å². The lowest BCUT2D eigenvalue weighted by Gasteiger charge is -2.35. The molecule has 2 aromatic rings. The Morgan fingerprint density at radius 3 is 2.35 bits per heavy atom. The first kappa shape index (κ1) is 18.4. The molecule has 1 heterocycles. The van der Waals surface area contributed by atoms with E-state index in [1.807, 2.05) is 18.2 Å². The molecule has 0 atom stereocenters. The number of anilines is 2. The van der Waals surface area contributed by atoms with Crippen LogP contribution in [0.15, 0.2) is 48.5 Å². The van der Waals surface area contributed by atoms with Crippen LogP contribution in [0.25, 0.3) is 0 Å². The average molecular weight is 372 g/mol. The van der Waals surface area contributed by atoms with E-state index < -0.39 is 0 Å². The molecule has 1 N–H and O–H groups in total. The summed E-state index contributed by atoms with van der Waals surface area (Å²) >= 11 is 6.06. The Balaban J connectivity index is 1.48. The quantitative estimate of drug-likeness (QED) is 0.819. The standard InChI is InChI=1S/C20H22ClN3O2/c1-15(25)16-5-7-18(8-6-16)22-20(26)14-23-9-11-24(12-10-23)19-4-2-3-17(21)13-19/h2-8,13H,9-12,14H2,1H3,(H,22,26). The summed E-state index contributed by atoms with van der Waals surface area (Å²) in [6.45, 7) is 5.25. The molecular weight excluding hydrogens is 350 g/mol. The van der Waals surface area contributed by atoms with Crippen LogP contribution in [0.3, 0.4) is 0 Å². The Morgan fingerprint density at radius 1 is 1.04 bits per heavy atom. The van der Waals surface area contributed by atoms with Crippen molar-refractivity contribution in [2.24, 2.45) is 0 Å². The smallest absolute Gasteiger partial charge is 0.238 e. The van der Waals surface area contributed by atoms with Gasteiger partial charge in [-0.25, -0.2) is 0 Å². The number of amides is 1. The van der Waals surface area contributed by atoms with Crippen LogP contribution in [0.5, 0.6) is 0 Å². The third-order valence-corrected chi connectivity index (χ3v) is 4.72. The highest BCUT2D eigenvalue weighted by Crippen LogP contribution is 2.20. The first-order valence-corrected chi connectivity index (χ1v) is 9.03. The first-order valence-electron chi connectivity index (χ1n) is 8.65. The average Bonchev–Trinajstić information content (AvgIpc) is 2.62. The van der Waals surface area contributed by atoms with Crippen molar-refractivity contribution in [2.45, 2.75) is 6.92 Å². The minimum Gasteiger partial charge on any atom is -0.369 e. The number of piperazine rings is 1. The zero-order chi connectivity index (χ0) is 18.5. The minimum absolute atomic E-state index is 0.0143. The summed E-state index contributed by atoms with van der Waals surface area (Å²) in [5.41, 5.74) is 2.46. The number of rotatable bonds is 5. The normalized spacial score (nSPS) is 14.9. The van der Waals surface area contributed by atoms with Crippen LogP contribution in [0.4, 0.5) is 11.4 Å². The highest BCUT2D eigenvalue weighted by atomic mass is 35.5. The van der Waals surface area contributed by atoms with Gasteiger partial charge < -0.3 is 10.2 Å². The van der Waals surface area contributed by atoms with E-state index in [1.165, 1.54) is 6.92 Å². The molecule has 5 nitrogen and oxygen atoms in total. The largest absolute Gasteiger partial charge is 0.369 e. The number of hydrogen-bond donors (Lipinski definition) is 1. The fourth-order valence-electron chi connectivity index (χ4n) is 3.03. The molecule has 6 heteroatoms. The number of halogens is 1. The van der Waals surface area contributed by atoms with Crippen LogP contribution in [-0.2, 0) is 4.79 Å². The maximum absolute atomic E-state index is 12.2. The molecule has 0 aromatic heterocycles. The number of nitrogens with one attached hydrogen (secondary N) is 1. The number of ketones is 1. The van der Waals surface area contributed by atoms with E-state index in [-0.39, 0.29) is 11.7 Å². The van der Waals surface area contributed by atoms with Gasteiger partial charge in [0.05, 0.1) is 6.54 Å². The van der Waals surface area contributed by atoms with Crippen LogP contribution in [0, 0.1) is 0 Å². The second kappa shape index (κ2) is 8.34. The Hall–Kier alpha value is -2.37.